The van der Waals surface area contributed by atoms with E-state index in [-0.39, 0.29) is 6.10 Å². The Morgan fingerprint density at radius 2 is 1.85 bits per heavy atom. The largest absolute Gasteiger partial charge is 0.390 e. The van der Waals surface area contributed by atoms with E-state index in [1.807, 2.05) is 0 Å². The molecule has 0 aromatic carbocycles. The number of rotatable bonds is 6. The summed E-state index contributed by atoms with van der Waals surface area (Å²) in [7, 11) is 0. The molecule has 1 fully saturated rings. The minimum absolute atomic E-state index is 0.235. The molecule has 20 heavy (non-hydrogen) atoms. The van der Waals surface area contributed by atoms with E-state index in [0.717, 1.165) is 12.8 Å². The fourth-order valence-electron chi connectivity index (χ4n) is 2.28. The second kappa shape index (κ2) is 8.34. The van der Waals surface area contributed by atoms with Crippen molar-refractivity contribution in [1.29, 1.82) is 0 Å². The zero-order chi connectivity index (χ0) is 15.0. The van der Waals surface area contributed by atoms with Crippen molar-refractivity contribution in [2.45, 2.75) is 51.3 Å². The lowest BCUT2D eigenvalue weighted by Crippen LogP contribution is -2.39. The van der Waals surface area contributed by atoms with E-state index in [2.05, 4.69) is 17.6 Å². The molecule has 0 aromatic heterocycles. The summed E-state index contributed by atoms with van der Waals surface area (Å²) >= 11 is 0. The molecule has 2 atom stereocenters. The zero-order valence-corrected chi connectivity index (χ0v) is 11.8. The van der Waals surface area contributed by atoms with Crippen LogP contribution in [0.2, 0.25) is 0 Å². The number of halogens is 3. The molecule has 1 saturated carbocycles. The van der Waals surface area contributed by atoms with Crippen molar-refractivity contribution in [2.24, 2.45) is 5.92 Å². The number of nitrogens with one attached hydrogen (secondary N) is 2. The van der Waals surface area contributed by atoms with Crippen LogP contribution in [0.1, 0.15) is 39.0 Å². The van der Waals surface area contributed by atoms with Crippen LogP contribution in [0.3, 0.4) is 0 Å². The van der Waals surface area contributed by atoms with Crippen LogP contribution in [0.5, 0.6) is 0 Å². The minimum atomic E-state index is -4.24. The molecule has 7 heteroatoms. The molecule has 1 aliphatic carbocycles. The SMILES string of the molecule is CC1CCCCC1OCCNC(=O)NCCC(F)(F)F. The first-order valence-corrected chi connectivity index (χ1v) is 7.08. The maximum absolute atomic E-state index is 11.9. The number of alkyl halides is 3. The van der Waals surface area contributed by atoms with E-state index in [4.69, 9.17) is 4.74 Å². The fourth-order valence-corrected chi connectivity index (χ4v) is 2.28. The summed E-state index contributed by atoms with van der Waals surface area (Å²) in [5.41, 5.74) is 0. The molecule has 2 N–H and O–H groups in total. The van der Waals surface area contributed by atoms with Crippen molar-refractivity contribution in [1.82, 2.24) is 10.6 Å². The quantitative estimate of drug-likeness (QED) is 0.741. The van der Waals surface area contributed by atoms with Gasteiger partial charge in [-0.2, -0.15) is 13.2 Å². The Kier molecular flexibility index (Phi) is 7.12. The number of hydrogen-bond donors (Lipinski definition) is 2. The van der Waals surface area contributed by atoms with Crippen LogP contribution >= 0.6 is 0 Å². The van der Waals surface area contributed by atoms with Gasteiger partial charge in [0.1, 0.15) is 0 Å². The Labute approximate surface area is 117 Å². The molecular formula is C13H23F3N2O2. The van der Waals surface area contributed by atoms with Gasteiger partial charge in [0.25, 0.3) is 0 Å². The molecule has 2 amide bonds. The van der Waals surface area contributed by atoms with Crippen LogP contribution in [0, 0.1) is 5.92 Å². The Balaban J connectivity index is 2.01. The van der Waals surface area contributed by atoms with Gasteiger partial charge in [-0.3, -0.25) is 0 Å². The van der Waals surface area contributed by atoms with Crippen LogP contribution < -0.4 is 10.6 Å². The highest BCUT2D eigenvalue weighted by molar-refractivity contribution is 5.73. The summed E-state index contributed by atoms with van der Waals surface area (Å²) in [5.74, 6) is 0.532. The van der Waals surface area contributed by atoms with Crippen molar-refractivity contribution in [2.75, 3.05) is 19.7 Å². The lowest BCUT2D eigenvalue weighted by atomic mass is 9.88. The number of urea groups is 1. The maximum atomic E-state index is 11.9. The Hall–Kier alpha value is -0.980. The second-order valence-corrected chi connectivity index (χ2v) is 5.22. The smallest absolute Gasteiger partial charge is 0.376 e. The molecule has 0 heterocycles. The molecule has 0 saturated heterocycles. The number of amides is 2. The molecule has 1 aliphatic rings. The molecule has 0 aliphatic heterocycles. The predicted octanol–water partition coefficient (Wildman–Crippen LogP) is 2.83. The van der Waals surface area contributed by atoms with Gasteiger partial charge in [-0.1, -0.05) is 19.8 Å². The first-order chi connectivity index (χ1) is 9.38. The van der Waals surface area contributed by atoms with Crippen LogP contribution in [-0.4, -0.2) is 38.0 Å². The van der Waals surface area contributed by atoms with Gasteiger partial charge in [0.05, 0.1) is 19.1 Å². The highest BCUT2D eigenvalue weighted by atomic mass is 19.4. The first kappa shape index (κ1) is 17.1. The topological polar surface area (TPSA) is 50.4 Å². The van der Waals surface area contributed by atoms with Crippen LogP contribution in [0.15, 0.2) is 0 Å². The molecule has 1 rings (SSSR count). The van der Waals surface area contributed by atoms with Gasteiger partial charge in [0.2, 0.25) is 0 Å². The van der Waals surface area contributed by atoms with E-state index in [9.17, 15) is 18.0 Å². The van der Waals surface area contributed by atoms with E-state index in [1.54, 1.807) is 0 Å². The third-order valence-corrected chi connectivity index (χ3v) is 3.45. The normalized spacial score (nSPS) is 23.4. The monoisotopic (exact) mass is 296 g/mol. The number of hydrogen-bond acceptors (Lipinski definition) is 2. The Bertz CT molecular complexity index is 298. The fraction of sp³-hybridized carbons (Fsp3) is 0.923. The summed E-state index contributed by atoms with van der Waals surface area (Å²) < 4.78 is 41.3. The van der Waals surface area contributed by atoms with Crippen LogP contribution in [-0.2, 0) is 4.74 Å². The van der Waals surface area contributed by atoms with Gasteiger partial charge in [0, 0.05) is 13.1 Å². The average Bonchev–Trinajstić information content (AvgIpc) is 2.35. The van der Waals surface area contributed by atoms with E-state index in [1.165, 1.54) is 12.8 Å². The van der Waals surface area contributed by atoms with Gasteiger partial charge in [-0.05, 0) is 18.8 Å². The molecule has 0 spiro atoms. The van der Waals surface area contributed by atoms with E-state index in [0.29, 0.717) is 19.1 Å². The summed E-state index contributed by atoms with van der Waals surface area (Å²) in [5, 5.41) is 4.64. The van der Waals surface area contributed by atoms with Gasteiger partial charge in [-0.25, -0.2) is 4.79 Å². The molecule has 4 nitrogen and oxygen atoms in total. The van der Waals surface area contributed by atoms with Crippen molar-refractivity contribution >= 4 is 6.03 Å². The highest BCUT2D eigenvalue weighted by Crippen LogP contribution is 2.25. The highest BCUT2D eigenvalue weighted by Gasteiger charge is 2.26. The summed E-state index contributed by atoms with van der Waals surface area (Å²) in [6.07, 6.45) is -0.418. The summed E-state index contributed by atoms with van der Waals surface area (Å²) in [4.78, 5) is 11.2. The number of ether oxygens (including phenoxy) is 1. The Morgan fingerprint density at radius 3 is 2.50 bits per heavy atom. The van der Waals surface area contributed by atoms with Gasteiger partial charge in [0.15, 0.2) is 0 Å². The van der Waals surface area contributed by atoms with Gasteiger partial charge < -0.3 is 15.4 Å². The van der Waals surface area contributed by atoms with E-state index >= 15 is 0 Å². The molecule has 0 bridgehead atoms. The van der Waals surface area contributed by atoms with Crippen molar-refractivity contribution in [3.05, 3.63) is 0 Å². The predicted molar refractivity (Wildman–Crippen MR) is 69.4 cm³/mol. The molecular weight excluding hydrogens is 273 g/mol. The molecule has 0 radical (unpaired) electrons. The van der Waals surface area contributed by atoms with Crippen LogP contribution in [0.4, 0.5) is 18.0 Å². The third kappa shape index (κ3) is 7.57. The first-order valence-electron chi connectivity index (χ1n) is 7.08. The lowest BCUT2D eigenvalue weighted by Gasteiger charge is -2.28. The van der Waals surface area contributed by atoms with E-state index < -0.39 is 25.2 Å². The molecule has 0 aromatic rings. The molecule has 2 unspecified atom stereocenters. The maximum Gasteiger partial charge on any atom is 0.390 e. The third-order valence-electron chi connectivity index (χ3n) is 3.45. The minimum Gasteiger partial charge on any atom is -0.376 e. The number of carbonyl (C=O) groups excluding carboxylic acids is 1. The molecule has 118 valence electrons. The number of carbonyl (C=O) groups is 1. The lowest BCUT2D eigenvalue weighted by molar-refractivity contribution is -0.132. The van der Waals surface area contributed by atoms with Crippen molar-refractivity contribution in [3.63, 3.8) is 0 Å². The van der Waals surface area contributed by atoms with Gasteiger partial charge >= 0.3 is 12.2 Å². The van der Waals surface area contributed by atoms with Crippen molar-refractivity contribution < 1.29 is 22.7 Å². The average molecular weight is 296 g/mol. The van der Waals surface area contributed by atoms with Crippen LogP contribution in [0.25, 0.3) is 0 Å². The van der Waals surface area contributed by atoms with Crippen molar-refractivity contribution in [3.8, 4) is 0 Å². The standard InChI is InChI=1S/C13H23F3N2O2/c1-10-4-2-3-5-11(10)20-9-8-18-12(19)17-7-6-13(14,15)16/h10-11H,2-9H2,1H3,(H2,17,18,19). The second-order valence-electron chi connectivity index (χ2n) is 5.22. The Morgan fingerprint density at radius 1 is 1.20 bits per heavy atom. The zero-order valence-electron chi connectivity index (χ0n) is 11.8. The summed E-state index contributed by atoms with van der Waals surface area (Å²) in [6.45, 7) is 2.44. The summed E-state index contributed by atoms with van der Waals surface area (Å²) in [6, 6.07) is -0.588. The van der Waals surface area contributed by atoms with Gasteiger partial charge in [-0.15, -0.1) is 0 Å².